The lowest BCUT2D eigenvalue weighted by Crippen LogP contribution is -2.54. The molecule has 0 spiro atoms. The van der Waals surface area contributed by atoms with Gasteiger partial charge in [0.25, 0.3) is 0 Å². The Balaban J connectivity index is 0.00000320. The van der Waals surface area contributed by atoms with Gasteiger partial charge in [0.05, 0.1) is 13.2 Å². The number of hydrogen-bond donors (Lipinski definition) is 2. The highest BCUT2D eigenvalue weighted by Crippen LogP contribution is 2.16. The van der Waals surface area contributed by atoms with Crippen molar-refractivity contribution in [2.24, 2.45) is 4.99 Å². The Kier molecular flexibility index (Phi) is 11.2. The van der Waals surface area contributed by atoms with E-state index in [9.17, 15) is 0 Å². The zero-order valence-electron chi connectivity index (χ0n) is 18.4. The van der Waals surface area contributed by atoms with Gasteiger partial charge in [0.1, 0.15) is 0 Å². The molecule has 30 heavy (non-hydrogen) atoms. The number of likely N-dealkylation sites (tertiary alicyclic amines) is 1. The fraction of sp³-hybridized carbons (Fsp3) is 0.682. The molecule has 0 saturated carbocycles. The first kappa shape index (κ1) is 25.6. The fourth-order valence-corrected chi connectivity index (χ4v) is 4.35. The summed E-state index contributed by atoms with van der Waals surface area (Å²) in [6.07, 6.45) is 2.26. The van der Waals surface area contributed by atoms with E-state index in [1.807, 2.05) is 19.2 Å². The molecular formula is C22H37ClIN5O. The van der Waals surface area contributed by atoms with Crippen molar-refractivity contribution in [3.8, 4) is 0 Å². The number of guanidine groups is 1. The van der Waals surface area contributed by atoms with Gasteiger partial charge in [-0.1, -0.05) is 23.7 Å². The second kappa shape index (κ2) is 13.1. The molecule has 8 heteroatoms. The van der Waals surface area contributed by atoms with Crippen molar-refractivity contribution in [1.29, 1.82) is 0 Å². The molecule has 0 aliphatic carbocycles. The maximum absolute atomic E-state index is 5.98. The van der Waals surface area contributed by atoms with Crippen LogP contribution < -0.4 is 10.6 Å². The predicted molar refractivity (Wildman–Crippen MR) is 136 cm³/mol. The van der Waals surface area contributed by atoms with Crippen LogP contribution in [0.1, 0.15) is 32.3 Å². The number of hydrogen-bond acceptors (Lipinski definition) is 4. The zero-order valence-corrected chi connectivity index (χ0v) is 21.5. The van der Waals surface area contributed by atoms with Gasteiger partial charge in [-0.2, -0.15) is 0 Å². The number of aliphatic imine (C=N–C) groups is 1. The van der Waals surface area contributed by atoms with E-state index in [1.54, 1.807) is 0 Å². The van der Waals surface area contributed by atoms with Gasteiger partial charge in [-0.15, -0.1) is 24.0 Å². The molecule has 2 heterocycles. The summed E-state index contributed by atoms with van der Waals surface area (Å²) in [5.41, 5.74) is 1.32. The molecule has 0 bridgehead atoms. The van der Waals surface area contributed by atoms with E-state index >= 15 is 0 Å². The molecule has 2 fully saturated rings. The van der Waals surface area contributed by atoms with Crippen molar-refractivity contribution >= 4 is 41.5 Å². The fourth-order valence-electron chi connectivity index (χ4n) is 4.23. The molecule has 2 saturated heterocycles. The number of nitrogens with one attached hydrogen (secondary N) is 2. The molecule has 2 aliphatic rings. The normalized spacial score (nSPS) is 22.9. The van der Waals surface area contributed by atoms with E-state index < -0.39 is 0 Å². The summed E-state index contributed by atoms with van der Waals surface area (Å²) in [4.78, 5) is 9.46. The lowest BCUT2D eigenvalue weighted by molar-refractivity contribution is -0.0174. The summed E-state index contributed by atoms with van der Waals surface area (Å²) in [5.74, 6) is 0.911. The summed E-state index contributed by atoms with van der Waals surface area (Å²) in [7, 11) is 1.85. The van der Waals surface area contributed by atoms with Gasteiger partial charge in [0.2, 0.25) is 0 Å². The van der Waals surface area contributed by atoms with Crippen LogP contribution in [0.3, 0.4) is 0 Å². The van der Waals surface area contributed by atoms with Gasteiger partial charge in [-0.05, 0) is 44.4 Å². The molecule has 0 radical (unpaired) electrons. The smallest absolute Gasteiger partial charge is 0.191 e. The molecule has 6 nitrogen and oxygen atoms in total. The van der Waals surface area contributed by atoms with E-state index in [1.165, 1.54) is 5.56 Å². The van der Waals surface area contributed by atoms with Crippen LogP contribution in [0.2, 0.25) is 5.02 Å². The first-order valence-corrected chi connectivity index (χ1v) is 11.2. The largest absolute Gasteiger partial charge is 0.379 e. The van der Waals surface area contributed by atoms with Crippen LogP contribution in [0.15, 0.2) is 29.3 Å². The summed E-state index contributed by atoms with van der Waals surface area (Å²) >= 11 is 5.98. The number of benzene rings is 1. The second-order valence-corrected chi connectivity index (χ2v) is 8.72. The first-order valence-electron chi connectivity index (χ1n) is 10.8. The van der Waals surface area contributed by atoms with Crippen LogP contribution in [0.25, 0.3) is 0 Å². The zero-order chi connectivity index (χ0) is 20.6. The third kappa shape index (κ3) is 7.82. The quantitative estimate of drug-likeness (QED) is 0.324. The van der Waals surface area contributed by atoms with Crippen molar-refractivity contribution < 1.29 is 4.74 Å². The Morgan fingerprint density at radius 3 is 2.57 bits per heavy atom. The Labute approximate surface area is 203 Å². The molecule has 0 aromatic heterocycles. The Hall–Kier alpha value is -0.610. The van der Waals surface area contributed by atoms with Crippen molar-refractivity contribution in [2.45, 2.75) is 51.4 Å². The number of halogens is 2. The average Bonchev–Trinajstić information content (AvgIpc) is 2.74. The molecule has 0 amide bonds. The third-order valence-corrected chi connectivity index (χ3v) is 6.27. The monoisotopic (exact) mass is 549 g/mol. The number of piperidine rings is 1. The van der Waals surface area contributed by atoms with Crippen LogP contribution in [-0.2, 0) is 11.3 Å². The van der Waals surface area contributed by atoms with Crippen molar-refractivity contribution in [3.63, 3.8) is 0 Å². The Morgan fingerprint density at radius 1 is 1.23 bits per heavy atom. The van der Waals surface area contributed by atoms with Crippen LogP contribution in [0.4, 0.5) is 0 Å². The van der Waals surface area contributed by atoms with E-state index in [2.05, 4.69) is 51.4 Å². The van der Waals surface area contributed by atoms with E-state index in [0.717, 1.165) is 69.8 Å². The van der Waals surface area contributed by atoms with E-state index in [4.69, 9.17) is 16.3 Å². The van der Waals surface area contributed by atoms with Crippen molar-refractivity contribution in [3.05, 3.63) is 34.9 Å². The highest BCUT2D eigenvalue weighted by atomic mass is 127. The topological polar surface area (TPSA) is 52.1 Å². The first-order chi connectivity index (χ1) is 14.0. The minimum Gasteiger partial charge on any atom is -0.379 e. The summed E-state index contributed by atoms with van der Waals surface area (Å²) in [6, 6.07) is 9.58. The van der Waals surface area contributed by atoms with Gasteiger partial charge in [-0.25, -0.2) is 0 Å². The number of nitrogens with zero attached hydrogens (tertiary/aromatic N) is 3. The molecular weight excluding hydrogens is 513 g/mol. The van der Waals surface area contributed by atoms with E-state index in [0.29, 0.717) is 18.1 Å². The van der Waals surface area contributed by atoms with Crippen LogP contribution in [0.5, 0.6) is 0 Å². The Morgan fingerprint density at radius 2 is 1.93 bits per heavy atom. The van der Waals surface area contributed by atoms with Crippen molar-refractivity contribution in [2.75, 3.05) is 46.4 Å². The van der Waals surface area contributed by atoms with Gasteiger partial charge in [0.15, 0.2) is 5.96 Å². The van der Waals surface area contributed by atoms with Gasteiger partial charge < -0.3 is 15.4 Å². The van der Waals surface area contributed by atoms with Crippen LogP contribution in [0, 0.1) is 0 Å². The highest BCUT2D eigenvalue weighted by Gasteiger charge is 2.24. The van der Waals surface area contributed by atoms with Gasteiger partial charge in [0, 0.05) is 62.9 Å². The predicted octanol–water partition coefficient (Wildman–Crippen LogP) is 3.20. The second-order valence-electron chi connectivity index (χ2n) is 8.29. The molecule has 2 aliphatic heterocycles. The minimum absolute atomic E-state index is 0. The van der Waals surface area contributed by atoms with Crippen LogP contribution in [-0.4, -0.2) is 80.3 Å². The number of ether oxygens (including phenoxy) is 1. The van der Waals surface area contributed by atoms with E-state index in [-0.39, 0.29) is 24.0 Å². The molecule has 2 N–H and O–H groups in total. The number of rotatable bonds is 6. The summed E-state index contributed by atoms with van der Waals surface area (Å²) in [5, 5.41) is 7.94. The highest BCUT2D eigenvalue weighted by molar-refractivity contribution is 14.0. The maximum atomic E-state index is 5.98. The maximum Gasteiger partial charge on any atom is 0.191 e. The summed E-state index contributed by atoms with van der Waals surface area (Å²) in [6.45, 7) is 11.2. The molecule has 1 aromatic carbocycles. The Bertz CT molecular complexity index is 651. The number of morpholine rings is 1. The standard InChI is InChI=1S/C22H36ClN5O.HI/c1-17(28-12-13-29-16-18(28)2)14-25-22(24-3)26-21-8-10-27(11-9-21)15-19-4-6-20(23)7-5-19;/h4-7,17-18,21H,8-16H2,1-3H3,(H2,24,25,26);1H. The molecule has 3 rings (SSSR count). The molecule has 170 valence electrons. The lowest BCUT2D eigenvalue weighted by atomic mass is 10.0. The molecule has 1 aromatic rings. The average molecular weight is 550 g/mol. The third-order valence-electron chi connectivity index (χ3n) is 6.02. The van der Waals surface area contributed by atoms with Crippen molar-refractivity contribution in [1.82, 2.24) is 20.4 Å². The van der Waals surface area contributed by atoms with Gasteiger partial charge >= 0.3 is 0 Å². The van der Waals surface area contributed by atoms with Gasteiger partial charge in [-0.3, -0.25) is 14.8 Å². The minimum atomic E-state index is 0. The molecule has 2 atom stereocenters. The molecule has 2 unspecified atom stereocenters. The lowest BCUT2D eigenvalue weighted by Gasteiger charge is -2.38. The SMILES string of the molecule is CN=C(NCC(C)N1CCOCC1C)NC1CCN(Cc2ccc(Cl)cc2)CC1.I. The summed E-state index contributed by atoms with van der Waals surface area (Å²) < 4.78 is 5.55. The van der Waals surface area contributed by atoms with Crippen LogP contribution >= 0.6 is 35.6 Å².